The second kappa shape index (κ2) is 4.53. The van der Waals surface area contributed by atoms with E-state index in [1.54, 1.807) is 11.3 Å². The Labute approximate surface area is 102 Å². The number of nitrogens with one attached hydrogen (secondary N) is 1. The molecule has 0 aliphatic carbocycles. The lowest BCUT2D eigenvalue weighted by atomic mass is 10.3. The van der Waals surface area contributed by atoms with Gasteiger partial charge >= 0.3 is 0 Å². The van der Waals surface area contributed by atoms with Gasteiger partial charge in [-0.25, -0.2) is 15.8 Å². The van der Waals surface area contributed by atoms with E-state index in [9.17, 15) is 0 Å². The number of nitrogens with two attached hydrogens (primary N) is 1. The molecule has 0 unspecified atom stereocenters. The monoisotopic (exact) mass is 252 g/mol. The molecule has 1 fully saturated rings. The molecule has 0 atom stereocenters. The van der Waals surface area contributed by atoms with E-state index < -0.39 is 0 Å². The van der Waals surface area contributed by atoms with Gasteiger partial charge in [-0.1, -0.05) is 0 Å². The van der Waals surface area contributed by atoms with Crippen LogP contribution in [0.3, 0.4) is 0 Å². The van der Waals surface area contributed by atoms with E-state index in [0.717, 1.165) is 10.2 Å². The second-order valence-corrected chi connectivity index (χ2v) is 4.64. The van der Waals surface area contributed by atoms with Crippen LogP contribution in [0.1, 0.15) is 5.82 Å². The molecule has 90 valence electrons. The van der Waals surface area contributed by atoms with Crippen molar-refractivity contribution in [3.8, 4) is 0 Å². The highest BCUT2D eigenvalue weighted by Crippen LogP contribution is 2.24. The van der Waals surface area contributed by atoms with Crippen LogP contribution in [0.2, 0.25) is 0 Å². The summed E-state index contributed by atoms with van der Waals surface area (Å²) in [6.07, 6.45) is 0.173. The molecule has 0 aromatic carbocycles. The Bertz CT molecular complexity index is 526. The summed E-state index contributed by atoms with van der Waals surface area (Å²) in [4.78, 5) is 9.65. The molecule has 0 radical (unpaired) electrons. The van der Waals surface area contributed by atoms with Gasteiger partial charge < -0.3 is 14.9 Å². The van der Waals surface area contributed by atoms with Gasteiger partial charge in [-0.2, -0.15) is 0 Å². The fraction of sp³-hybridized carbons (Fsp3) is 0.400. The molecular weight excluding hydrogens is 240 g/mol. The number of nitrogen functional groups attached to an aromatic ring is 1. The summed E-state index contributed by atoms with van der Waals surface area (Å²) in [7, 11) is 0. The van der Waals surface area contributed by atoms with Crippen LogP contribution in [0.4, 0.5) is 5.82 Å². The Morgan fingerprint density at radius 2 is 2.41 bits per heavy atom. The van der Waals surface area contributed by atoms with Gasteiger partial charge in [0, 0.05) is 0 Å². The summed E-state index contributed by atoms with van der Waals surface area (Å²) in [5.74, 6) is 6.72. The Morgan fingerprint density at radius 1 is 1.53 bits per heavy atom. The van der Waals surface area contributed by atoms with Crippen LogP contribution in [0.15, 0.2) is 11.4 Å². The molecule has 2 aromatic heterocycles. The molecule has 0 saturated carbocycles. The smallest absolute Gasteiger partial charge is 0.158 e. The average molecular weight is 252 g/mol. The van der Waals surface area contributed by atoms with Crippen LogP contribution in [-0.4, -0.2) is 29.3 Å². The summed E-state index contributed by atoms with van der Waals surface area (Å²) in [5, 5.41) is 2.90. The van der Waals surface area contributed by atoms with Crippen LogP contribution in [-0.2, 0) is 16.1 Å². The molecule has 1 aliphatic rings. The summed E-state index contributed by atoms with van der Waals surface area (Å²) < 4.78 is 10.6. The zero-order valence-corrected chi connectivity index (χ0v) is 9.87. The van der Waals surface area contributed by atoms with E-state index in [1.807, 2.05) is 11.4 Å². The minimum atomic E-state index is 0.173. The van der Waals surface area contributed by atoms with E-state index in [4.69, 9.17) is 15.3 Å². The molecular formula is C10H12N4O2S. The van der Waals surface area contributed by atoms with Crippen molar-refractivity contribution in [1.29, 1.82) is 0 Å². The number of fused-ring (bicyclic) bond motifs is 1. The van der Waals surface area contributed by atoms with Gasteiger partial charge in [0.05, 0.1) is 18.6 Å². The van der Waals surface area contributed by atoms with Gasteiger partial charge in [-0.3, -0.25) is 0 Å². The second-order valence-electron chi connectivity index (χ2n) is 3.74. The summed E-state index contributed by atoms with van der Waals surface area (Å²) in [6, 6.07) is 1.94. The van der Waals surface area contributed by atoms with Gasteiger partial charge in [0.1, 0.15) is 17.5 Å². The number of hydrogen-bond donors (Lipinski definition) is 2. The number of anilines is 1. The average Bonchev–Trinajstić information content (AvgIpc) is 2.73. The summed E-state index contributed by atoms with van der Waals surface area (Å²) in [6.45, 7) is 1.70. The lowest BCUT2D eigenvalue weighted by molar-refractivity contribution is -0.136. The third kappa shape index (κ3) is 2.09. The van der Waals surface area contributed by atoms with Crippen molar-refractivity contribution >= 4 is 27.4 Å². The lowest BCUT2D eigenvalue weighted by Crippen LogP contribution is -2.36. The fourth-order valence-electron chi connectivity index (χ4n) is 1.58. The Balaban J connectivity index is 1.82. The first-order valence-electron chi connectivity index (χ1n) is 5.27. The number of ether oxygens (including phenoxy) is 2. The highest BCUT2D eigenvalue weighted by molar-refractivity contribution is 7.16. The zero-order chi connectivity index (χ0) is 11.7. The SMILES string of the molecule is NNc1nc(COC2COC2)nc2sccc12. The quantitative estimate of drug-likeness (QED) is 0.621. The highest BCUT2D eigenvalue weighted by atomic mass is 32.1. The van der Waals surface area contributed by atoms with Gasteiger partial charge in [0.15, 0.2) is 11.6 Å². The fourth-order valence-corrected chi connectivity index (χ4v) is 2.36. The van der Waals surface area contributed by atoms with Crippen LogP contribution in [0.25, 0.3) is 10.2 Å². The standard InChI is InChI=1S/C10H12N4O2S/c11-14-9-7-1-2-17-10(7)13-8(12-9)5-16-6-3-15-4-6/h1-2,6H,3-5,11H2,(H,12,13,14). The maximum Gasteiger partial charge on any atom is 0.158 e. The predicted octanol–water partition coefficient (Wildman–Crippen LogP) is 0.892. The van der Waals surface area contributed by atoms with Crippen molar-refractivity contribution in [1.82, 2.24) is 9.97 Å². The van der Waals surface area contributed by atoms with Gasteiger partial charge in [0.2, 0.25) is 0 Å². The topological polar surface area (TPSA) is 82.3 Å². The van der Waals surface area contributed by atoms with Crippen LogP contribution in [0, 0.1) is 0 Å². The predicted molar refractivity (Wildman–Crippen MR) is 64.6 cm³/mol. The number of hydrazine groups is 1. The Kier molecular flexibility index (Phi) is 2.89. The molecule has 1 aliphatic heterocycles. The first-order chi connectivity index (χ1) is 8.36. The normalized spacial score (nSPS) is 16.1. The lowest BCUT2D eigenvalue weighted by Gasteiger charge is -2.25. The minimum absolute atomic E-state index is 0.173. The summed E-state index contributed by atoms with van der Waals surface area (Å²) >= 11 is 1.56. The number of hydrogen-bond acceptors (Lipinski definition) is 7. The van der Waals surface area contributed by atoms with E-state index in [2.05, 4.69) is 15.4 Å². The molecule has 3 rings (SSSR count). The molecule has 0 amide bonds. The minimum Gasteiger partial charge on any atom is -0.376 e. The van der Waals surface area contributed by atoms with E-state index >= 15 is 0 Å². The largest absolute Gasteiger partial charge is 0.376 e. The van der Waals surface area contributed by atoms with Crippen LogP contribution >= 0.6 is 11.3 Å². The first-order valence-corrected chi connectivity index (χ1v) is 6.15. The third-order valence-corrected chi connectivity index (χ3v) is 3.37. The first kappa shape index (κ1) is 10.8. The Hall–Kier alpha value is -1.28. The number of aromatic nitrogens is 2. The third-order valence-electron chi connectivity index (χ3n) is 2.56. The maximum absolute atomic E-state index is 5.58. The van der Waals surface area contributed by atoms with Crippen LogP contribution in [0.5, 0.6) is 0 Å². The zero-order valence-electron chi connectivity index (χ0n) is 9.05. The number of nitrogens with zero attached hydrogens (tertiary/aromatic N) is 2. The molecule has 0 bridgehead atoms. The summed E-state index contributed by atoms with van der Waals surface area (Å²) in [5.41, 5.74) is 2.59. The molecule has 2 aromatic rings. The van der Waals surface area contributed by atoms with Crippen molar-refractivity contribution in [2.75, 3.05) is 18.6 Å². The molecule has 0 spiro atoms. The van der Waals surface area contributed by atoms with Crippen molar-refractivity contribution in [3.63, 3.8) is 0 Å². The molecule has 17 heavy (non-hydrogen) atoms. The van der Waals surface area contributed by atoms with E-state index in [-0.39, 0.29) is 6.10 Å². The van der Waals surface area contributed by atoms with E-state index in [1.165, 1.54) is 0 Å². The highest BCUT2D eigenvalue weighted by Gasteiger charge is 2.19. The molecule has 6 nitrogen and oxygen atoms in total. The Morgan fingerprint density at radius 3 is 3.12 bits per heavy atom. The molecule has 7 heteroatoms. The van der Waals surface area contributed by atoms with E-state index in [0.29, 0.717) is 31.5 Å². The van der Waals surface area contributed by atoms with Crippen molar-refractivity contribution in [2.45, 2.75) is 12.7 Å². The van der Waals surface area contributed by atoms with Gasteiger partial charge in [-0.15, -0.1) is 11.3 Å². The number of thiophene rings is 1. The van der Waals surface area contributed by atoms with Crippen molar-refractivity contribution in [3.05, 3.63) is 17.3 Å². The molecule has 3 N–H and O–H groups in total. The van der Waals surface area contributed by atoms with Gasteiger partial charge in [0.25, 0.3) is 0 Å². The van der Waals surface area contributed by atoms with Crippen molar-refractivity contribution < 1.29 is 9.47 Å². The van der Waals surface area contributed by atoms with Crippen LogP contribution < -0.4 is 11.3 Å². The number of rotatable bonds is 4. The molecule has 1 saturated heterocycles. The maximum atomic E-state index is 5.58. The van der Waals surface area contributed by atoms with Gasteiger partial charge in [-0.05, 0) is 11.4 Å². The van der Waals surface area contributed by atoms with Crippen molar-refractivity contribution in [2.24, 2.45) is 5.84 Å². The molecule has 3 heterocycles.